The first kappa shape index (κ1) is 24.3. The fraction of sp³-hybridized carbons (Fsp3) is 0. The van der Waals surface area contributed by atoms with Crippen LogP contribution in [0.4, 0.5) is 36.2 Å². The van der Waals surface area contributed by atoms with Crippen molar-refractivity contribution in [1.29, 1.82) is 0 Å². The second-order valence-corrected chi connectivity index (χ2v) is 6.77. The topological polar surface area (TPSA) is 102 Å². The van der Waals surface area contributed by atoms with E-state index in [0.29, 0.717) is 11.8 Å². The highest BCUT2D eigenvalue weighted by Gasteiger charge is 2.16. The number of ether oxygens (including phenoxy) is 1. The largest absolute Gasteiger partial charge is 0.454 e. The zero-order valence-electron chi connectivity index (χ0n) is 17.3. The number of benzene rings is 2. The summed E-state index contributed by atoms with van der Waals surface area (Å²) in [5.74, 6) is -2.44. The molecule has 2 heterocycles. The normalized spacial score (nSPS) is 10.2. The van der Waals surface area contributed by atoms with E-state index >= 15 is 0 Å². The SMILES string of the molecule is Cl.Nc1cc(Oc2ccc(Nc3ncccc3C(=O)Nc3ccc(F)cc3F)cc2F)ccn1. The number of pyridine rings is 2. The van der Waals surface area contributed by atoms with Gasteiger partial charge in [-0.3, -0.25) is 4.79 Å². The number of hydrogen-bond donors (Lipinski definition) is 3. The summed E-state index contributed by atoms with van der Waals surface area (Å²) in [6, 6.07) is 12.8. The molecule has 0 aliphatic rings. The Labute approximate surface area is 198 Å². The van der Waals surface area contributed by atoms with Crippen LogP contribution < -0.4 is 21.1 Å². The lowest BCUT2D eigenvalue weighted by Gasteiger charge is -2.13. The average Bonchev–Trinajstić information content (AvgIpc) is 2.78. The van der Waals surface area contributed by atoms with Crippen LogP contribution >= 0.6 is 12.4 Å². The van der Waals surface area contributed by atoms with E-state index in [4.69, 9.17) is 10.5 Å². The lowest BCUT2D eigenvalue weighted by Crippen LogP contribution is -2.15. The van der Waals surface area contributed by atoms with Gasteiger partial charge in [-0.25, -0.2) is 23.1 Å². The van der Waals surface area contributed by atoms with Gasteiger partial charge in [0.05, 0.1) is 11.3 Å². The third-order valence-electron chi connectivity index (χ3n) is 4.41. The minimum Gasteiger partial charge on any atom is -0.454 e. The lowest BCUT2D eigenvalue weighted by molar-refractivity contribution is 0.102. The summed E-state index contributed by atoms with van der Waals surface area (Å²) in [6.07, 6.45) is 2.86. The maximum absolute atomic E-state index is 14.6. The van der Waals surface area contributed by atoms with Gasteiger partial charge < -0.3 is 21.1 Å². The molecule has 7 nitrogen and oxygen atoms in total. The molecule has 0 aliphatic heterocycles. The summed E-state index contributed by atoms with van der Waals surface area (Å²) in [5.41, 5.74) is 5.75. The summed E-state index contributed by atoms with van der Waals surface area (Å²) in [7, 11) is 0. The molecule has 4 aromatic rings. The van der Waals surface area contributed by atoms with Gasteiger partial charge in [-0.15, -0.1) is 12.4 Å². The number of aromatic nitrogens is 2. The molecule has 1 amide bonds. The number of nitrogen functional groups attached to an aromatic ring is 1. The van der Waals surface area contributed by atoms with Crippen molar-refractivity contribution in [2.24, 2.45) is 0 Å². The Balaban J connectivity index is 0.00000324. The van der Waals surface area contributed by atoms with Gasteiger partial charge >= 0.3 is 0 Å². The third kappa shape index (κ3) is 5.73. The molecule has 11 heteroatoms. The molecule has 0 unspecified atom stereocenters. The highest BCUT2D eigenvalue weighted by Crippen LogP contribution is 2.29. The Morgan fingerprint density at radius 2 is 1.74 bits per heavy atom. The van der Waals surface area contributed by atoms with Crippen molar-refractivity contribution in [1.82, 2.24) is 9.97 Å². The summed E-state index contributed by atoms with van der Waals surface area (Å²) < 4.78 is 47.0. The van der Waals surface area contributed by atoms with Gasteiger partial charge in [-0.05, 0) is 42.5 Å². The summed E-state index contributed by atoms with van der Waals surface area (Å²) in [6.45, 7) is 0. The van der Waals surface area contributed by atoms with Crippen LogP contribution in [0.15, 0.2) is 73.1 Å². The molecule has 0 bridgehead atoms. The molecule has 4 N–H and O–H groups in total. The summed E-state index contributed by atoms with van der Waals surface area (Å²) in [4.78, 5) is 20.6. The Morgan fingerprint density at radius 1 is 0.912 bits per heavy atom. The van der Waals surface area contributed by atoms with E-state index in [9.17, 15) is 18.0 Å². The summed E-state index contributed by atoms with van der Waals surface area (Å²) in [5, 5.41) is 5.21. The highest BCUT2D eigenvalue weighted by atomic mass is 35.5. The van der Waals surface area contributed by atoms with Gasteiger partial charge in [0.25, 0.3) is 5.91 Å². The lowest BCUT2D eigenvalue weighted by atomic mass is 10.2. The minimum atomic E-state index is -0.921. The molecule has 34 heavy (non-hydrogen) atoms. The fourth-order valence-corrected chi connectivity index (χ4v) is 2.89. The number of carbonyl (C=O) groups excluding carboxylic acids is 1. The molecule has 174 valence electrons. The first-order chi connectivity index (χ1) is 15.9. The number of hydrogen-bond acceptors (Lipinski definition) is 6. The predicted octanol–water partition coefficient (Wildman–Crippen LogP) is 5.69. The molecule has 0 atom stereocenters. The standard InChI is InChI=1S/C23H16F3N5O2.ClH/c24-13-3-5-19(17(25)10-13)31-23(32)16-2-1-8-29-22(16)30-14-4-6-20(18(26)11-14)33-15-7-9-28-21(27)12-15;/h1-12H,(H2,27,28)(H,29,30)(H,31,32);1H. The van der Waals surface area contributed by atoms with E-state index in [1.54, 1.807) is 0 Å². The number of halogens is 4. The van der Waals surface area contributed by atoms with Crippen molar-refractivity contribution in [3.05, 3.63) is 96.1 Å². The van der Waals surface area contributed by atoms with Crippen LogP contribution in [-0.2, 0) is 0 Å². The number of carbonyl (C=O) groups is 1. The predicted molar refractivity (Wildman–Crippen MR) is 124 cm³/mol. The smallest absolute Gasteiger partial charge is 0.259 e. The number of rotatable bonds is 6. The molecule has 0 fully saturated rings. The molecule has 0 radical (unpaired) electrons. The van der Waals surface area contributed by atoms with Crippen LogP contribution in [0.25, 0.3) is 0 Å². The number of nitrogens with zero attached hydrogens (tertiary/aromatic N) is 2. The van der Waals surface area contributed by atoms with E-state index in [1.165, 1.54) is 48.8 Å². The van der Waals surface area contributed by atoms with E-state index in [0.717, 1.165) is 18.2 Å². The second kappa shape index (κ2) is 10.5. The molecule has 2 aromatic heterocycles. The first-order valence-electron chi connectivity index (χ1n) is 9.56. The average molecular weight is 488 g/mol. The zero-order chi connectivity index (χ0) is 23.4. The van der Waals surface area contributed by atoms with Gasteiger partial charge in [0, 0.05) is 36.3 Å². The molecule has 0 saturated heterocycles. The van der Waals surface area contributed by atoms with E-state index in [1.807, 2.05) is 0 Å². The Hall–Kier alpha value is -4.31. The van der Waals surface area contributed by atoms with Crippen LogP contribution in [0, 0.1) is 17.5 Å². The monoisotopic (exact) mass is 487 g/mol. The minimum absolute atomic E-state index is 0. The molecule has 4 rings (SSSR count). The number of anilines is 4. The van der Waals surface area contributed by atoms with Crippen molar-refractivity contribution < 1.29 is 22.7 Å². The van der Waals surface area contributed by atoms with Crippen molar-refractivity contribution in [3.63, 3.8) is 0 Å². The Kier molecular flexibility index (Phi) is 7.54. The fourth-order valence-electron chi connectivity index (χ4n) is 2.89. The Bertz CT molecular complexity index is 1340. The van der Waals surface area contributed by atoms with E-state index in [-0.39, 0.29) is 46.7 Å². The second-order valence-electron chi connectivity index (χ2n) is 6.77. The third-order valence-corrected chi connectivity index (χ3v) is 4.41. The van der Waals surface area contributed by atoms with Gasteiger partial charge in [0.15, 0.2) is 11.6 Å². The first-order valence-corrected chi connectivity index (χ1v) is 9.56. The van der Waals surface area contributed by atoms with E-state index in [2.05, 4.69) is 20.6 Å². The quantitative estimate of drug-likeness (QED) is 0.323. The van der Waals surface area contributed by atoms with Gasteiger partial charge in [0.2, 0.25) is 0 Å². The van der Waals surface area contributed by atoms with Crippen molar-refractivity contribution >= 4 is 41.3 Å². The summed E-state index contributed by atoms with van der Waals surface area (Å²) >= 11 is 0. The number of nitrogens with one attached hydrogen (secondary N) is 2. The van der Waals surface area contributed by atoms with Crippen LogP contribution in [0.5, 0.6) is 11.5 Å². The van der Waals surface area contributed by atoms with Crippen LogP contribution in [0.2, 0.25) is 0 Å². The van der Waals surface area contributed by atoms with Crippen LogP contribution in [0.1, 0.15) is 10.4 Å². The van der Waals surface area contributed by atoms with Crippen LogP contribution in [0.3, 0.4) is 0 Å². The molecule has 2 aromatic carbocycles. The van der Waals surface area contributed by atoms with Crippen molar-refractivity contribution in [2.45, 2.75) is 0 Å². The van der Waals surface area contributed by atoms with Crippen LogP contribution in [-0.4, -0.2) is 15.9 Å². The molecular formula is C23H17ClF3N5O2. The maximum atomic E-state index is 14.6. The maximum Gasteiger partial charge on any atom is 0.259 e. The zero-order valence-corrected chi connectivity index (χ0v) is 18.1. The highest BCUT2D eigenvalue weighted by molar-refractivity contribution is 6.07. The number of nitrogens with two attached hydrogens (primary N) is 1. The molecule has 0 spiro atoms. The number of amides is 1. The van der Waals surface area contributed by atoms with Gasteiger partial charge in [-0.2, -0.15) is 0 Å². The van der Waals surface area contributed by atoms with Crippen molar-refractivity contribution in [3.8, 4) is 11.5 Å². The van der Waals surface area contributed by atoms with Gasteiger partial charge in [-0.1, -0.05) is 0 Å². The van der Waals surface area contributed by atoms with E-state index < -0.39 is 23.4 Å². The molecule has 0 saturated carbocycles. The van der Waals surface area contributed by atoms with Crippen molar-refractivity contribution in [2.75, 3.05) is 16.4 Å². The van der Waals surface area contributed by atoms with Gasteiger partial charge in [0.1, 0.15) is 29.0 Å². The molecule has 0 aliphatic carbocycles. The Morgan fingerprint density at radius 3 is 2.47 bits per heavy atom. The molecular weight excluding hydrogens is 471 g/mol.